The molecule has 0 bridgehead atoms. The van der Waals surface area contributed by atoms with Crippen molar-refractivity contribution in [2.24, 2.45) is 5.92 Å². The molecule has 0 unspecified atom stereocenters. The molecule has 0 aliphatic carbocycles. The van der Waals surface area contributed by atoms with Gasteiger partial charge in [0.1, 0.15) is 12.4 Å². The van der Waals surface area contributed by atoms with E-state index in [9.17, 15) is 4.79 Å². The van der Waals surface area contributed by atoms with Gasteiger partial charge in [0.15, 0.2) is 0 Å². The molecule has 2 rings (SSSR count). The van der Waals surface area contributed by atoms with Gasteiger partial charge in [-0.3, -0.25) is 4.79 Å². The summed E-state index contributed by atoms with van der Waals surface area (Å²) in [7, 11) is 3.63. The lowest BCUT2D eigenvalue weighted by Crippen LogP contribution is -2.38. The van der Waals surface area contributed by atoms with Crippen molar-refractivity contribution >= 4 is 5.91 Å². The fraction of sp³-hybridized carbons (Fsp3) is 0.611. The number of likely N-dealkylation sites (tertiary alicyclic amines) is 1. The maximum atomic E-state index is 12.5. The van der Waals surface area contributed by atoms with E-state index in [1.807, 2.05) is 36.2 Å². The Morgan fingerprint density at radius 3 is 2.52 bits per heavy atom. The first-order valence-corrected chi connectivity index (χ1v) is 8.40. The molecular formula is C18H28N2O3. The van der Waals surface area contributed by atoms with Gasteiger partial charge in [-0.25, -0.2) is 0 Å². The zero-order valence-corrected chi connectivity index (χ0v) is 14.2. The van der Waals surface area contributed by atoms with Gasteiger partial charge in [-0.15, -0.1) is 0 Å². The second kappa shape index (κ2) is 9.53. The van der Waals surface area contributed by atoms with Gasteiger partial charge in [0.05, 0.1) is 6.61 Å². The lowest BCUT2D eigenvalue weighted by atomic mass is 9.93. The Hall–Kier alpha value is -1.59. The molecule has 5 heteroatoms. The number of nitrogens with one attached hydrogen (secondary N) is 1. The largest absolute Gasteiger partial charge is 0.491 e. The summed E-state index contributed by atoms with van der Waals surface area (Å²) in [5.41, 5.74) is 0.734. The second-order valence-corrected chi connectivity index (χ2v) is 5.99. The minimum atomic E-state index is 0.125. The average molecular weight is 320 g/mol. The van der Waals surface area contributed by atoms with Crippen molar-refractivity contribution in [2.45, 2.75) is 19.3 Å². The minimum Gasteiger partial charge on any atom is -0.491 e. The van der Waals surface area contributed by atoms with Crippen LogP contribution in [0.5, 0.6) is 5.75 Å². The first-order chi connectivity index (χ1) is 11.2. The molecule has 1 fully saturated rings. The third kappa shape index (κ3) is 5.52. The van der Waals surface area contributed by atoms with E-state index < -0.39 is 0 Å². The molecule has 0 atom stereocenters. The van der Waals surface area contributed by atoms with Crippen LogP contribution in [-0.2, 0) is 4.74 Å². The molecule has 0 aromatic heterocycles. The lowest BCUT2D eigenvalue weighted by molar-refractivity contribution is 0.0687. The zero-order valence-electron chi connectivity index (χ0n) is 14.2. The van der Waals surface area contributed by atoms with Crippen molar-refractivity contribution in [3.63, 3.8) is 0 Å². The lowest BCUT2D eigenvalue weighted by Gasteiger charge is -2.32. The Labute approximate surface area is 139 Å². The summed E-state index contributed by atoms with van der Waals surface area (Å²) < 4.78 is 10.5. The van der Waals surface area contributed by atoms with Crippen molar-refractivity contribution in [1.82, 2.24) is 10.2 Å². The Kier molecular flexibility index (Phi) is 7.36. The van der Waals surface area contributed by atoms with E-state index >= 15 is 0 Å². The van der Waals surface area contributed by atoms with Crippen LogP contribution in [0.2, 0.25) is 0 Å². The normalized spacial score (nSPS) is 15.7. The highest BCUT2D eigenvalue weighted by atomic mass is 16.5. The summed E-state index contributed by atoms with van der Waals surface area (Å²) in [5.74, 6) is 1.63. The summed E-state index contributed by atoms with van der Waals surface area (Å²) in [5, 5.41) is 3.20. The smallest absolute Gasteiger partial charge is 0.253 e. The Morgan fingerprint density at radius 2 is 1.91 bits per heavy atom. The van der Waals surface area contributed by atoms with Crippen LogP contribution in [0.1, 0.15) is 29.6 Å². The van der Waals surface area contributed by atoms with Crippen LogP contribution < -0.4 is 10.1 Å². The minimum absolute atomic E-state index is 0.125. The quantitative estimate of drug-likeness (QED) is 0.746. The van der Waals surface area contributed by atoms with Crippen LogP contribution in [0.25, 0.3) is 0 Å². The Balaban J connectivity index is 1.81. The molecule has 0 saturated carbocycles. The van der Waals surface area contributed by atoms with Gasteiger partial charge < -0.3 is 19.7 Å². The highest BCUT2D eigenvalue weighted by molar-refractivity contribution is 5.94. The first-order valence-electron chi connectivity index (χ1n) is 8.40. The molecule has 1 saturated heterocycles. The molecule has 1 amide bonds. The number of methoxy groups -OCH3 is 1. The molecule has 1 N–H and O–H groups in total. The third-order valence-electron chi connectivity index (χ3n) is 4.36. The number of hydrogen-bond acceptors (Lipinski definition) is 4. The van der Waals surface area contributed by atoms with Gasteiger partial charge >= 0.3 is 0 Å². The Morgan fingerprint density at radius 1 is 1.22 bits per heavy atom. The number of carbonyl (C=O) groups excluding carboxylic acids is 1. The molecule has 1 aliphatic heterocycles. The van der Waals surface area contributed by atoms with Crippen LogP contribution in [0.4, 0.5) is 0 Å². The first kappa shape index (κ1) is 17.8. The van der Waals surface area contributed by atoms with Gasteiger partial charge in [-0.2, -0.15) is 0 Å². The van der Waals surface area contributed by atoms with E-state index in [0.717, 1.165) is 49.7 Å². The van der Waals surface area contributed by atoms with E-state index in [1.165, 1.54) is 6.42 Å². The molecule has 5 nitrogen and oxygen atoms in total. The predicted octanol–water partition coefficient (Wildman–Crippen LogP) is 2.17. The van der Waals surface area contributed by atoms with E-state index in [0.29, 0.717) is 13.2 Å². The second-order valence-electron chi connectivity index (χ2n) is 5.99. The van der Waals surface area contributed by atoms with Gasteiger partial charge in [0.2, 0.25) is 0 Å². The summed E-state index contributed by atoms with van der Waals surface area (Å²) in [6, 6.07) is 7.39. The number of benzene rings is 1. The number of carbonyl (C=O) groups is 1. The molecule has 1 heterocycles. The predicted molar refractivity (Wildman–Crippen MR) is 91.0 cm³/mol. The summed E-state index contributed by atoms with van der Waals surface area (Å²) in [6.45, 7) is 3.86. The zero-order chi connectivity index (χ0) is 16.5. The topological polar surface area (TPSA) is 50.8 Å². The average Bonchev–Trinajstić information content (AvgIpc) is 2.61. The van der Waals surface area contributed by atoms with E-state index in [2.05, 4.69) is 5.32 Å². The van der Waals surface area contributed by atoms with E-state index in [4.69, 9.17) is 9.47 Å². The van der Waals surface area contributed by atoms with Gasteiger partial charge in [0, 0.05) is 25.8 Å². The number of amides is 1. The fourth-order valence-electron chi connectivity index (χ4n) is 2.89. The van der Waals surface area contributed by atoms with Crippen LogP contribution in [-0.4, -0.2) is 57.8 Å². The van der Waals surface area contributed by atoms with Crippen molar-refractivity contribution in [3.05, 3.63) is 29.8 Å². The van der Waals surface area contributed by atoms with Crippen molar-refractivity contribution in [1.29, 1.82) is 0 Å². The van der Waals surface area contributed by atoms with Crippen molar-refractivity contribution in [2.75, 3.05) is 47.0 Å². The maximum Gasteiger partial charge on any atom is 0.253 e. The fourth-order valence-corrected chi connectivity index (χ4v) is 2.89. The van der Waals surface area contributed by atoms with Gasteiger partial charge in [0.25, 0.3) is 5.91 Å². The Bertz CT molecular complexity index is 468. The molecule has 0 radical (unpaired) electrons. The number of nitrogens with zero attached hydrogens (tertiary/aromatic N) is 1. The van der Waals surface area contributed by atoms with E-state index in [-0.39, 0.29) is 5.91 Å². The molecule has 1 aromatic rings. The van der Waals surface area contributed by atoms with Crippen LogP contribution in [0.15, 0.2) is 24.3 Å². The molecule has 0 spiro atoms. The highest BCUT2D eigenvalue weighted by Gasteiger charge is 2.23. The number of rotatable bonds is 8. The van der Waals surface area contributed by atoms with E-state index in [1.54, 1.807) is 7.11 Å². The summed E-state index contributed by atoms with van der Waals surface area (Å²) in [4.78, 5) is 14.5. The maximum absolute atomic E-state index is 12.5. The van der Waals surface area contributed by atoms with Crippen LogP contribution in [0, 0.1) is 5.92 Å². The SMILES string of the molecule is CNCCC1CCN(C(=O)c2ccc(OCCOC)cc2)CC1. The number of hydrogen-bond donors (Lipinski definition) is 1. The van der Waals surface area contributed by atoms with Crippen LogP contribution >= 0.6 is 0 Å². The van der Waals surface area contributed by atoms with Gasteiger partial charge in [-0.1, -0.05) is 0 Å². The highest BCUT2D eigenvalue weighted by Crippen LogP contribution is 2.22. The molecule has 1 aliphatic rings. The number of piperidine rings is 1. The van der Waals surface area contributed by atoms with Gasteiger partial charge in [-0.05, 0) is 63.0 Å². The van der Waals surface area contributed by atoms with Crippen molar-refractivity contribution in [3.8, 4) is 5.75 Å². The standard InChI is InChI=1S/C18H28N2O3/c1-19-10-7-15-8-11-20(12-9-15)18(21)16-3-5-17(6-4-16)23-14-13-22-2/h3-6,15,19H,7-14H2,1-2H3. The summed E-state index contributed by atoms with van der Waals surface area (Å²) in [6.07, 6.45) is 3.41. The van der Waals surface area contributed by atoms with Crippen molar-refractivity contribution < 1.29 is 14.3 Å². The third-order valence-corrected chi connectivity index (χ3v) is 4.36. The molecule has 23 heavy (non-hydrogen) atoms. The number of ether oxygens (including phenoxy) is 2. The monoisotopic (exact) mass is 320 g/mol. The molecule has 1 aromatic carbocycles. The van der Waals surface area contributed by atoms with Crippen LogP contribution in [0.3, 0.4) is 0 Å². The summed E-state index contributed by atoms with van der Waals surface area (Å²) >= 11 is 0. The molecule has 128 valence electrons. The molecular weight excluding hydrogens is 292 g/mol.